The Morgan fingerprint density at radius 1 is 1.31 bits per heavy atom. The normalized spacial score (nSPS) is 10.4. The van der Waals surface area contributed by atoms with Gasteiger partial charge in [-0.1, -0.05) is 30.3 Å². The van der Waals surface area contributed by atoms with E-state index < -0.39 is 8.03 Å². The molecule has 68 valence electrons. The molecule has 0 amide bonds. The summed E-state index contributed by atoms with van der Waals surface area (Å²) in [6, 6.07) is 9.99. The van der Waals surface area contributed by atoms with E-state index >= 15 is 0 Å². The average Bonchev–Trinajstić information content (AvgIpc) is 2.05. The summed E-state index contributed by atoms with van der Waals surface area (Å²) in [5, 5.41) is 0. The van der Waals surface area contributed by atoms with E-state index in [0.29, 0.717) is 6.16 Å². The Kier molecular flexibility index (Phi) is 7.48. The molecule has 0 saturated heterocycles. The molecule has 1 aromatic carbocycles. The summed E-state index contributed by atoms with van der Waals surface area (Å²) < 4.78 is 10.3. The van der Waals surface area contributed by atoms with E-state index in [1.165, 1.54) is 5.56 Å². The second-order valence-electron chi connectivity index (χ2n) is 2.66. The molecule has 4 heteroatoms. The van der Waals surface area contributed by atoms with E-state index in [2.05, 4.69) is 0 Å². The third kappa shape index (κ3) is 6.16. The van der Waals surface area contributed by atoms with E-state index in [1.807, 2.05) is 30.3 Å². The van der Waals surface area contributed by atoms with Gasteiger partial charge in [0.15, 0.2) is 6.16 Å². The van der Waals surface area contributed by atoms with Crippen LogP contribution in [0.2, 0.25) is 0 Å². The molecule has 13 heavy (non-hydrogen) atoms. The van der Waals surface area contributed by atoms with Crippen molar-refractivity contribution in [3.8, 4) is 0 Å². The van der Waals surface area contributed by atoms with Crippen LogP contribution in [0.4, 0.5) is 0 Å². The third-order valence-electron chi connectivity index (χ3n) is 1.66. The summed E-state index contributed by atoms with van der Waals surface area (Å²) in [5.74, 6) is 0. The maximum absolute atomic E-state index is 10.3. The quantitative estimate of drug-likeness (QED) is 0.610. The number of hydrogen-bond donors (Lipinski definition) is 1. The first kappa shape index (κ1) is 13.0. The molecule has 0 fully saturated rings. The molecule has 0 saturated carbocycles. The van der Waals surface area contributed by atoms with Crippen molar-refractivity contribution in [3.63, 3.8) is 0 Å². The molecule has 0 aromatic heterocycles. The molecular weight excluding hydrogens is 195 g/mol. The van der Waals surface area contributed by atoms with Crippen molar-refractivity contribution >= 4 is 31.1 Å². The Labute approximate surface area is 98.4 Å². The second-order valence-corrected chi connectivity index (χ2v) is 3.82. The standard InChI is InChI=1S/C9H11O2P.Mg.2H/c10-12(11)8-4-7-9-5-2-1-3-6-9;;;/h1-3,5-6H,4,7-8H2;;;/q;+2;2*-1/p+1. The summed E-state index contributed by atoms with van der Waals surface area (Å²) in [6.45, 7) is 0. The average molecular weight is 209 g/mol. The molecular formula is C9H14MgO2P+. The van der Waals surface area contributed by atoms with Crippen LogP contribution in [0, 0.1) is 0 Å². The zero-order valence-corrected chi connectivity index (χ0v) is 9.83. The van der Waals surface area contributed by atoms with Crippen molar-refractivity contribution < 1.29 is 12.3 Å². The van der Waals surface area contributed by atoms with Crippen molar-refractivity contribution in [1.82, 2.24) is 0 Å². The molecule has 0 aliphatic heterocycles. The van der Waals surface area contributed by atoms with Crippen LogP contribution in [0.1, 0.15) is 14.8 Å². The zero-order valence-electron chi connectivity index (χ0n) is 9.52. The molecule has 0 radical (unpaired) electrons. The van der Waals surface area contributed by atoms with Crippen LogP contribution < -0.4 is 0 Å². The van der Waals surface area contributed by atoms with Gasteiger partial charge in [-0.25, -0.2) is 0 Å². The molecule has 0 aliphatic rings. The van der Waals surface area contributed by atoms with Crippen LogP contribution in [-0.4, -0.2) is 34.1 Å². The van der Waals surface area contributed by atoms with Gasteiger partial charge < -0.3 is 2.85 Å². The Morgan fingerprint density at radius 2 is 1.92 bits per heavy atom. The molecule has 1 atom stereocenters. The van der Waals surface area contributed by atoms with Gasteiger partial charge in [-0.15, -0.1) is 0 Å². The largest absolute Gasteiger partial charge is 2.00 e. The molecule has 0 bridgehead atoms. The van der Waals surface area contributed by atoms with Gasteiger partial charge in [0, 0.05) is 0 Å². The fraction of sp³-hybridized carbons (Fsp3) is 0.333. The summed E-state index contributed by atoms with van der Waals surface area (Å²) in [7, 11) is -1.95. The Morgan fingerprint density at radius 3 is 2.46 bits per heavy atom. The maximum Gasteiger partial charge on any atom is 2.00 e. The Bertz CT molecular complexity index is 260. The van der Waals surface area contributed by atoms with Crippen LogP contribution in [0.5, 0.6) is 0 Å². The monoisotopic (exact) mass is 209 g/mol. The summed E-state index contributed by atoms with van der Waals surface area (Å²) in [5.41, 5.74) is 1.23. The number of rotatable bonds is 4. The molecule has 1 N–H and O–H groups in total. The van der Waals surface area contributed by atoms with Crippen molar-refractivity contribution in [3.05, 3.63) is 35.9 Å². The summed E-state index contributed by atoms with van der Waals surface area (Å²) >= 11 is 0. The Balaban J connectivity index is -0.000000480. The molecule has 0 aliphatic carbocycles. The summed E-state index contributed by atoms with van der Waals surface area (Å²) in [6.07, 6.45) is 2.09. The zero-order chi connectivity index (χ0) is 8.81. The van der Waals surface area contributed by atoms with Gasteiger partial charge in [-0.2, -0.15) is 4.89 Å². The van der Waals surface area contributed by atoms with E-state index in [9.17, 15) is 4.57 Å². The first-order chi connectivity index (χ1) is 5.79. The van der Waals surface area contributed by atoms with Crippen molar-refractivity contribution in [2.24, 2.45) is 0 Å². The van der Waals surface area contributed by atoms with Crippen molar-refractivity contribution in [2.75, 3.05) is 6.16 Å². The predicted molar refractivity (Wildman–Crippen MR) is 57.4 cm³/mol. The Hall–Kier alpha value is 0.0462. The van der Waals surface area contributed by atoms with Crippen molar-refractivity contribution in [1.29, 1.82) is 0 Å². The van der Waals surface area contributed by atoms with Gasteiger partial charge in [0.05, 0.1) is 0 Å². The van der Waals surface area contributed by atoms with Gasteiger partial charge >= 0.3 is 31.1 Å². The predicted octanol–water partition coefficient (Wildman–Crippen LogP) is 2.20. The van der Waals surface area contributed by atoms with Crippen LogP contribution >= 0.6 is 8.03 Å². The molecule has 0 spiro atoms. The molecule has 1 rings (SSSR count). The van der Waals surface area contributed by atoms with Crippen LogP contribution in [0.3, 0.4) is 0 Å². The van der Waals surface area contributed by atoms with E-state index in [-0.39, 0.29) is 25.9 Å². The molecule has 1 unspecified atom stereocenters. The minimum absolute atomic E-state index is 0. The SMILES string of the molecule is O=[P+](O)CCCc1ccccc1.[H-].[H-].[Mg+2]. The molecule has 2 nitrogen and oxygen atoms in total. The third-order valence-corrected chi connectivity index (χ3v) is 2.36. The molecule has 0 heterocycles. The van der Waals surface area contributed by atoms with Gasteiger partial charge in [0.1, 0.15) is 0 Å². The van der Waals surface area contributed by atoms with E-state index in [4.69, 9.17) is 4.89 Å². The maximum atomic E-state index is 10.3. The number of benzene rings is 1. The minimum Gasteiger partial charge on any atom is -1.00 e. The fourth-order valence-electron chi connectivity index (χ4n) is 1.06. The van der Waals surface area contributed by atoms with Gasteiger partial charge in [-0.3, -0.25) is 0 Å². The minimum atomic E-state index is -1.95. The van der Waals surface area contributed by atoms with E-state index in [0.717, 1.165) is 12.8 Å². The smallest absolute Gasteiger partial charge is 1.00 e. The number of aryl methyl sites for hydroxylation is 1. The topological polar surface area (TPSA) is 37.3 Å². The molecule has 1 aromatic rings. The first-order valence-corrected chi connectivity index (χ1v) is 5.36. The fourth-order valence-corrected chi connectivity index (χ4v) is 1.49. The van der Waals surface area contributed by atoms with Gasteiger partial charge in [0.25, 0.3) is 0 Å². The van der Waals surface area contributed by atoms with Gasteiger partial charge in [0.2, 0.25) is 0 Å². The van der Waals surface area contributed by atoms with Crippen molar-refractivity contribution in [2.45, 2.75) is 12.8 Å². The summed E-state index contributed by atoms with van der Waals surface area (Å²) in [4.78, 5) is 8.54. The van der Waals surface area contributed by atoms with Crippen LogP contribution in [0.25, 0.3) is 0 Å². The van der Waals surface area contributed by atoms with Gasteiger partial charge in [-0.05, 0) is 23.0 Å². The van der Waals surface area contributed by atoms with Crippen LogP contribution in [0.15, 0.2) is 30.3 Å². The number of hydrogen-bond acceptors (Lipinski definition) is 1. The first-order valence-electron chi connectivity index (χ1n) is 3.96. The van der Waals surface area contributed by atoms with Crippen LogP contribution in [-0.2, 0) is 11.0 Å². The van der Waals surface area contributed by atoms with E-state index in [1.54, 1.807) is 0 Å². The second kappa shape index (κ2) is 7.45.